The topological polar surface area (TPSA) is 35.0 Å². The third-order valence-corrected chi connectivity index (χ3v) is 3.96. The molecule has 0 aliphatic heterocycles. The predicted molar refractivity (Wildman–Crippen MR) is 98.9 cm³/mol. The molecule has 0 aliphatic carbocycles. The van der Waals surface area contributed by atoms with Crippen LogP contribution in [0.1, 0.15) is 51.4 Å². The fourth-order valence-corrected chi connectivity index (χ4v) is 2.56. The van der Waals surface area contributed by atoms with Gasteiger partial charge < -0.3 is 4.74 Å². The van der Waals surface area contributed by atoms with Gasteiger partial charge in [-0.05, 0) is 30.9 Å². The number of ether oxygens (including phenoxy) is 1. The lowest BCUT2D eigenvalue weighted by molar-refractivity contribution is 0.281. The second-order valence-corrected chi connectivity index (χ2v) is 5.94. The molecule has 2 rings (SSSR count). The minimum atomic E-state index is 0.464. The summed E-state index contributed by atoms with van der Waals surface area (Å²) in [4.78, 5) is 8.56. The Hall–Kier alpha value is -2.16. The monoisotopic (exact) mass is 323 g/mol. The Morgan fingerprint density at radius 3 is 2.17 bits per heavy atom. The number of hydrogen-bond acceptors (Lipinski definition) is 3. The Morgan fingerprint density at radius 2 is 1.50 bits per heavy atom. The van der Waals surface area contributed by atoms with E-state index in [1.54, 1.807) is 12.4 Å². The van der Waals surface area contributed by atoms with Gasteiger partial charge in [-0.2, -0.15) is 0 Å². The van der Waals surface area contributed by atoms with Crippen LogP contribution in [-0.4, -0.2) is 16.6 Å². The molecule has 3 heteroatoms. The molecule has 0 saturated carbocycles. The van der Waals surface area contributed by atoms with E-state index in [9.17, 15) is 0 Å². The van der Waals surface area contributed by atoms with E-state index in [0.29, 0.717) is 12.6 Å². The second kappa shape index (κ2) is 11.4. The summed E-state index contributed by atoms with van der Waals surface area (Å²) in [6.45, 7) is 4.44. The third kappa shape index (κ3) is 6.95. The van der Waals surface area contributed by atoms with Crippen molar-refractivity contribution in [3.63, 3.8) is 0 Å². The van der Waals surface area contributed by atoms with E-state index in [4.69, 9.17) is 4.74 Å². The van der Waals surface area contributed by atoms with Crippen LogP contribution in [0.3, 0.4) is 0 Å². The van der Waals surface area contributed by atoms with Crippen molar-refractivity contribution in [3.05, 3.63) is 55.4 Å². The minimum absolute atomic E-state index is 0.464. The van der Waals surface area contributed by atoms with Crippen LogP contribution in [-0.2, 0) is 0 Å². The molecule has 1 radical (unpaired) electrons. The fraction of sp³-hybridized carbons (Fsp3) is 0.429. The summed E-state index contributed by atoms with van der Waals surface area (Å²) in [5.74, 6) is 0. The van der Waals surface area contributed by atoms with Gasteiger partial charge in [-0.1, -0.05) is 62.4 Å². The highest BCUT2D eigenvalue weighted by atomic mass is 16.5. The zero-order valence-corrected chi connectivity index (χ0v) is 14.4. The van der Waals surface area contributed by atoms with Gasteiger partial charge >= 0.3 is 6.01 Å². The Kier molecular flexibility index (Phi) is 8.63. The van der Waals surface area contributed by atoms with Crippen LogP contribution >= 0.6 is 0 Å². The molecular weight excluding hydrogens is 296 g/mol. The van der Waals surface area contributed by atoms with Gasteiger partial charge in [-0.3, -0.25) is 0 Å². The standard InChI is InChI=1S/C21H27N2O/c1-2-3-4-5-6-7-8-9-13-16-24-21-22-17-20(18-23-21)19-14-11-10-12-15-19/h2,11-12,14-15,17-18H,1,3-9,13,16H2. The van der Waals surface area contributed by atoms with Crippen molar-refractivity contribution in [1.29, 1.82) is 0 Å². The molecule has 1 aromatic carbocycles. The van der Waals surface area contributed by atoms with Gasteiger partial charge in [0.2, 0.25) is 0 Å². The van der Waals surface area contributed by atoms with E-state index in [1.807, 2.05) is 30.3 Å². The van der Waals surface area contributed by atoms with Gasteiger partial charge in [-0.15, -0.1) is 6.58 Å². The summed E-state index contributed by atoms with van der Waals surface area (Å²) < 4.78 is 5.62. The van der Waals surface area contributed by atoms with Crippen LogP contribution < -0.4 is 4.74 Å². The molecule has 0 atom stereocenters. The van der Waals surface area contributed by atoms with Crippen molar-refractivity contribution in [2.75, 3.05) is 6.61 Å². The number of allylic oxidation sites excluding steroid dienone is 1. The Balaban J connectivity index is 1.56. The fourth-order valence-electron chi connectivity index (χ4n) is 2.56. The van der Waals surface area contributed by atoms with Gasteiger partial charge in [-0.25, -0.2) is 9.97 Å². The average Bonchev–Trinajstić information content (AvgIpc) is 2.64. The molecule has 0 amide bonds. The van der Waals surface area contributed by atoms with Gasteiger partial charge in [0.1, 0.15) is 0 Å². The first-order valence-corrected chi connectivity index (χ1v) is 8.92. The van der Waals surface area contributed by atoms with Crippen LogP contribution in [0, 0.1) is 6.07 Å². The first-order chi connectivity index (χ1) is 11.9. The molecule has 1 heterocycles. The molecule has 0 unspecified atom stereocenters. The summed E-state index contributed by atoms with van der Waals surface area (Å²) in [7, 11) is 0. The molecule has 24 heavy (non-hydrogen) atoms. The molecule has 2 aromatic rings. The number of benzene rings is 1. The van der Waals surface area contributed by atoms with Gasteiger partial charge in [0.25, 0.3) is 0 Å². The SMILES string of the molecule is C=CCCCCCCCCCOc1ncc(-c2cc[c]cc2)cn1. The number of aromatic nitrogens is 2. The number of rotatable bonds is 12. The Morgan fingerprint density at radius 1 is 0.875 bits per heavy atom. The predicted octanol–water partition coefficient (Wildman–Crippen LogP) is 5.63. The molecule has 127 valence electrons. The van der Waals surface area contributed by atoms with E-state index in [0.717, 1.165) is 24.0 Å². The molecule has 0 spiro atoms. The Bertz CT molecular complexity index is 566. The van der Waals surface area contributed by atoms with Crippen molar-refractivity contribution >= 4 is 0 Å². The lowest BCUT2D eigenvalue weighted by Gasteiger charge is -2.05. The van der Waals surface area contributed by atoms with Crippen LogP contribution in [0.5, 0.6) is 6.01 Å². The van der Waals surface area contributed by atoms with Crippen molar-refractivity contribution < 1.29 is 4.74 Å². The smallest absolute Gasteiger partial charge is 0.316 e. The molecule has 0 N–H and O–H groups in total. The van der Waals surface area contributed by atoms with E-state index in [-0.39, 0.29) is 0 Å². The van der Waals surface area contributed by atoms with Gasteiger partial charge in [0.05, 0.1) is 6.61 Å². The molecular formula is C21H27N2O. The maximum absolute atomic E-state index is 5.62. The molecule has 0 fully saturated rings. The van der Waals surface area contributed by atoms with E-state index in [1.165, 1.54) is 38.5 Å². The van der Waals surface area contributed by atoms with Crippen molar-refractivity contribution in [3.8, 4) is 17.1 Å². The lowest BCUT2D eigenvalue weighted by Crippen LogP contribution is -2.01. The summed E-state index contributed by atoms with van der Waals surface area (Å²) in [5, 5.41) is 0. The number of hydrogen-bond donors (Lipinski definition) is 0. The van der Waals surface area contributed by atoms with Crippen molar-refractivity contribution in [2.24, 2.45) is 0 Å². The molecule has 0 bridgehead atoms. The van der Waals surface area contributed by atoms with Crippen LogP contribution in [0.4, 0.5) is 0 Å². The second-order valence-electron chi connectivity index (χ2n) is 5.94. The number of unbranched alkanes of at least 4 members (excludes halogenated alkanes) is 7. The zero-order valence-electron chi connectivity index (χ0n) is 14.4. The summed E-state index contributed by atoms with van der Waals surface area (Å²) in [6, 6.07) is 11.2. The highest BCUT2D eigenvalue weighted by molar-refractivity contribution is 5.60. The van der Waals surface area contributed by atoms with Crippen molar-refractivity contribution in [1.82, 2.24) is 9.97 Å². The summed E-state index contributed by atoms with van der Waals surface area (Å²) >= 11 is 0. The average molecular weight is 323 g/mol. The van der Waals surface area contributed by atoms with Gasteiger partial charge in [0, 0.05) is 18.0 Å². The molecule has 0 aliphatic rings. The summed E-state index contributed by atoms with van der Waals surface area (Å²) in [6.07, 6.45) is 15.6. The first kappa shape index (κ1) is 18.2. The van der Waals surface area contributed by atoms with E-state index in [2.05, 4.69) is 22.6 Å². The number of nitrogens with zero attached hydrogens (tertiary/aromatic N) is 2. The highest BCUT2D eigenvalue weighted by Gasteiger charge is 2.01. The Labute approximate surface area is 145 Å². The van der Waals surface area contributed by atoms with Crippen LogP contribution in [0.2, 0.25) is 0 Å². The zero-order chi connectivity index (χ0) is 16.9. The molecule has 3 nitrogen and oxygen atoms in total. The van der Waals surface area contributed by atoms with Crippen LogP contribution in [0.25, 0.3) is 11.1 Å². The van der Waals surface area contributed by atoms with Gasteiger partial charge in [0.15, 0.2) is 0 Å². The van der Waals surface area contributed by atoms with E-state index < -0.39 is 0 Å². The third-order valence-electron chi connectivity index (χ3n) is 3.96. The lowest BCUT2D eigenvalue weighted by atomic mass is 10.1. The maximum atomic E-state index is 5.62. The normalized spacial score (nSPS) is 10.5. The molecule has 0 saturated heterocycles. The largest absolute Gasteiger partial charge is 0.463 e. The molecule has 1 aromatic heterocycles. The van der Waals surface area contributed by atoms with E-state index >= 15 is 0 Å². The minimum Gasteiger partial charge on any atom is -0.463 e. The van der Waals surface area contributed by atoms with Crippen LogP contribution in [0.15, 0.2) is 49.3 Å². The maximum Gasteiger partial charge on any atom is 0.316 e. The highest BCUT2D eigenvalue weighted by Crippen LogP contribution is 2.17. The van der Waals surface area contributed by atoms with Crippen molar-refractivity contribution in [2.45, 2.75) is 51.4 Å². The quantitative estimate of drug-likeness (QED) is 0.375. The first-order valence-electron chi connectivity index (χ1n) is 8.92. The summed E-state index contributed by atoms with van der Waals surface area (Å²) in [5.41, 5.74) is 2.08.